The summed E-state index contributed by atoms with van der Waals surface area (Å²) in [6.07, 6.45) is 11.6. The van der Waals surface area contributed by atoms with Crippen LogP contribution < -0.4 is 10.2 Å². The molecule has 5 nitrogen and oxygen atoms in total. The largest absolute Gasteiger partial charge is 0.422 e. The number of carbonyl (C=O) groups is 1. The molecular weight excluding hydrogens is 400 g/mol. The Kier molecular flexibility index (Phi) is 12.0. The van der Waals surface area contributed by atoms with Gasteiger partial charge in [-0.25, -0.2) is 0 Å². The smallest absolute Gasteiger partial charge is 0.311 e. The van der Waals surface area contributed by atoms with E-state index < -0.39 is 0 Å². The Labute approximate surface area is 191 Å². The summed E-state index contributed by atoms with van der Waals surface area (Å²) >= 11 is 0. The fourth-order valence-electron chi connectivity index (χ4n) is 3.34. The summed E-state index contributed by atoms with van der Waals surface area (Å²) < 4.78 is 5.27. The van der Waals surface area contributed by atoms with Gasteiger partial charge in [0, 0.05) is 6.42 Å². The summed E-state index contributed by atoms with van der Waals surface area (Å²) in [6, 6.07) is 14.1. The van der Waals surface area contributed by atoms with E-state index >= 15 is 0 Å². The molecule has 0 saturated carbocycles. The van der Waals surface area contributed by atoms with Gasteiger partial charge in [0.1, 0.15) is 0 Å². The van der Waals surface area contributed by atoms with Gasteiger partial charge >= 0.3 is 5.97 Å². The van der Waals surface area contributed by atoms with Gasteiger partial charge in [-0.05, 0) is 61.2 Å². The van der Waals surface area contributed by atoms with Gasteiger partial charge < -0.3 is 4.74 Å². The highest BCUT2D eigenvalue weighted by Gasteiger charge is 2.07. The number of esters is 1. The van der Waals surface area contributed by atoms with Crippen molar-refractivity contribution in [3.05, 3.63) is 64.3 Å². The van der Waals surface area contributed by atoms with Gasteiger partial charge in [-0.15, -0.1) is 0 Å². The second kappa shape index (κ2) is 15.1. The van der Waals surface area contributed by atoms with E-state index in [0.717, 1.165) is 37.8 Å². The number of benzene rings is 1. The van der Waals surface area contributed by atoms with Crippen molar-refractivity contribution in [1.82, 2.24) is 0 Å². The van der Waals surface area contributed by atoms with E-state index in [-0.39, 0.29) is 17.1 Å². The third-order valence-electron chi connectivity index (χ3n) is 5.30. The van der Waals surface area contributed by atoms with Crippen LogP contribution in [-0.4, -0.2) is 5.97 Å². The summed E-state index contributed by atoms with van der Waals surface area (Å²) in [5.74, 6) is -0.347. The minimum atomic E-state index is -0.372. The first kappa shape index (κ1) is 25.4. The highest BCUT2D eigenvalue weighted by Crippen LogP contribution is 2.20. The van der Waals surface area contributed by atoms with E-state index in [0.29, 0.717) is 12.1 Å². The van der Waals surface area contributed by atoms with Crippen molar-refractivity contribution < 1.29 is 9.53 Å². The molecule has 0 aliphatic carbocycles. The normalized spacial score (nSPS) is 11.1. The molecule has 0 aromatic heterocycles. The van der Waals surface area contributed by atoms with Gasteiger partial charge in [0.05, 0.1) is 11.4 Å². The topological polar surface area (TPSA) is 68.1 Å². The molecule has 0 amide bonds. The van der Waals surface area contributed by atoms with Crippen LogP contribution in [0.25, 0.3) is 0 Å². The number of nitrogens with zero attached hydrogens (tertiary/aromatic N) is 2. The van der Waals surface area contributed by atoms with Gasteiger partial charge in [-0.3, -0.25) is 9.59 Å². The van der Waals surface area contributed by atoms with E-state index in [1.807, 2.05) is 12.1 Å². The summed E-state index contributed by atoms with van der Waals surface area (Å²) in [7, 11) is 0. The number of hydrogen-bond acceptors (Lipinski definition) is 5. The molecule has 0 atom stereocenters. The van der Waals surface area contributed by atoms with E-state index in [1.165, 1.54) is 49.8 Å². The van der Waals surface area contributed by atoms with Crippen LogP contribution in [0.4, 0.5) is 11.4 Å². The highest BCUT2D eigenvalue weighted by atomic mass is 16.5. The first-order chi connectivity index (χ1) is 15.6. The zero-order chi connectivity index (χ0) is 23.0. The molecule has 0 aliphatic heterocycles. The van der Waals surface area contributed by atoms with Crippen molar-refractivity contribution in [2.75, 3.05) is 0 Å². The van der Waals surface area contributed by atoms with Crippen LogP contribution in [0.5, 0.6) is 5.75 Å². The molecule has 2 rings (SSSR count). The van der Waals surface area contributed by atoms with Crippen molar-refractivity contribution in [1.29, 1.82) is 0 Å². The van der Waals surface area contributed by atoms with Crippen molar-refractivity contribution in [2.24, 2.45) is 10.2 Å². The number of hydrogen-bond donors (Lipinski definition) is 0. The molecular formula is C27H36N2O3. The average Bonchev–Trinajstić information content (AvgIpc) is 2.97. The van der Waals surface area contributed by atoms with E-state index in [2.05, 4.69) is 36.2 Å². The van der Waals surface area contributed by atoms with Gasteiger partial charge in [-0.2, -0.15) is 10.2 Å². The minimum Gasteiger partial charge on any atom is -0.422 e. The van der Waals surface area contributed by atoms with Crippen LogP contribution in [-0.2, 0) is 11.2 Å². The fourth-order valence-corrected chi connectivity index (χ4v) is 3.34. The third-order valence-corrected chi connectivity index (χ3v) is 5.30. The molecule has 0 unspecified atom stereocenters. The zero-order valence-electron chi connectivity index (χ0n) is 19.5. The molecule has 0 fully saturated rings. The molecule has 2 aromatic carbocycles. The lowest BCUT2D eigenvalue weighted by atomic mass is 10.1. The van der Waals surface area contributed by atoms with Crippen molar-refractivity contribution >= 4 is 17.3 Å². The second-order valence-corrected chi connectivity index (χ2v) is 8.14. The Morgan fingerprint density at radius 1 is 0.719 bits per heavy atom. The summed E-state index contributed by atoms with van der Waals surface area (Å²) in [4.78, 5) is 24.2. The van der Waals surface area contributed by atoms with Crippen molar-refractivity contribution in [3.8, 4) is 5.75 Å². The second-order valence-electron chi connectivity index (χ2n) is 8.14. The zero-order valence-corrected chi connectivity index (χ0v) is 19.5. The average molecular weight is 437 g/mol. The van der Waals surface area contributed by atoms with Crippen LogP contribution in [0.3, 0.4) is 0 Å². The number of rotatable bonds is 14. The summed E-state index contributed by atoms with van der Waals surface area (Å²) in [5, 5.41) is 8.47. The lowest BCUT2D eigenvalue weighted by Crippen LogP contribution is -2.12. The van der Waals surface area contributed by atoms with Gasteiger partial charge in [0.15, 0.2) is 5.75 Å². The molecule has 0 N–H and O–H groups in total. The van der Waals surface area contributed by atoms with Crippen molar-refractivity contribution in [3.63, 3.8) is 0 Å². The number of ether oxygens (including phenoxy) is 1. The van der Waals surface area contributed by atoms with Gasteiger partial charge in [-0.1, -0.05) is 70.9 Å². The Morgan fingerprint density at radius 2 is 1.28 bits per heavy atom. The highest BCUT2D eigenvalue weighted by molar-refractivity contribution is 5.72. The summed E-state index contributed by atoms with van der Waals surface area (Å²) in [5.41, 5.74) is 2.23. The third kappa shape index (κ3) is 9.99. The predicted molar refractivity (Wildman–Crippen MR) is 130 cm³/mol. The molecule has 0 radical (unpaired) electrons. The molecule has 172 valence electrons. The van der Waals surface area contributed by atoms with Crippen LogP contribution in [0.2, 0.25) is 0 Å². The molecule has 32 heavy (non-hydrogen) atoms. The van der Waals surface area contributed by atoms with Crippen molar-refractivity contribution in [2.45, 2.75) is 84.5 Å². The molecule has 0 saturated heterocycles. The standard InChI is InChI=1S/C27H36N2O3/c1-3-5-7-9-11-13-27(31)32-26-21-19-24(18-20-25(26)30)29-28-23-16-14-22(15-17-23)12-10-8-6-4-2/h14-21H,3-13H2,1-2H3. The maximum absolute atomic E-state index is 12.2. The Hall–Kier alpha value is -2.82. The van der Waals surface area contributed by atoms with Crippen LogP contribution in [0.15, 0.2) is 63.6 Å². The molecule has 0 heterocycles. The number of aryl methyl sites for hydroxylation is 1. The molecule has 5 heteroatoms. The summed E-state index contributed by atoms with van der Waals surface area (Å²) in [6.45, 7) is 4.37. The Balaban J connectivity index is 1.90. The number of carbonyl (C=O) groups excluding carboxylic acids is 1. The lowest BCUT2D eigenvalue weighted by Gasteiger charge is -2.02. The van der Waals surface area contributed by atoms with Crippen LogP contribution >= 0.6 is 0 Å². The SMILES string of the molecule is CCCCCCCC(=O)Oc1ccc(N=Nc2ccc(CCCCCC)cc2)ccc1=O. The maximum atomic E-state index is 12.2. The molecule has 0 aliphatic rings. The van der Waals surface area contributed by atoms with E-state index in [4.69, 9.17) is 4.74 Å². The van der Waals surface area contributed by atoms with Gasteiger partial charge in [0.25, 0.3) is 0 Å². The lowest BCUT2D eigenvalue weighted by molar-refractivity contribution is -0.134. The van der Waals surface area contributed by atoms with Crippen LogP contribution in [0.1, 0.15) is 83.6 Å². The quantitative estimate of drug-likeness (QED) is 0.172. The van der Waals surface area contributed by atoms with E-state index in [9.17, 15) is 9.59 Å². The first-order valence-corrected chi connectivity index (χ1v) is 12.0. The van der Waals surface area contributed by atoms with E-state index in [1.54, 1.807) is 12.1 Å². The minimum absolute atomic E-state index is 0.0254. The number of unbranched alkanes of at least 4 members (excludes halogenated alkanes) is 7. The fraction of sp³-hybridized carbons (Fsp3) is 0.481. The number of azo groups is 1. The predicted octanol–water partition coefficient (Wildman–Crippen LogP) is 7.85. The first-order valence-electron chi connectivity index (χ1n) is 12.0. The van der Waals surface area contributed by atoms with Crippen LogP contribution in [0, 0.1) is 0 Å². The molecule has 0 bridgehead atoms. The monoisotopic (exact) mass is 436 g/mol. The van der Waals surface area contributed by atoms with Gasteiger partial charge in [0.2, 0.25) is 5.43 Å². The maximum Gasteiger partial charge on any atom is 0.311 e. The Bertz CT molecular complexity index is 907. The molecule has 2 aromatic rings. The Morgan fingerprint density at radius 3 is 1.94 bits per heavy atom. The molecule has 0 spiro atoms.